The molecule has 0 bridgehead atoms. The number of hydrogen-bond acceptors (Lipinski definition) is 4. The molecule has 0 fully saturated rings. The molecular weight excluding hydrogens is 414 g/mol. The number of carbonyl (C=O) groups is 1. The molecule has 5 nitrogen and oxygen atoms in total. The minimum Gasteiger partial charge on any atom is -0.493 e. The number of aryl methyl sites for hydroxylation is 2. The predicted molar refractivity (Wildman–Crippen MR) is 129 cm³/mol. The van der Waals surface area contributed by atoms with Crippen molar-refractivity contribution in [3.8, 4) is 17.2 Å². The van der Waals surface area contributed by atoms with E-state index in [4.69, 9.17) is 19.2 Å². The largest absolute Gasteiger partial charge is 0.493 e. The standard InChI is InChI=1S/C28H31NO4/c1-3-6-20-11-13-22(14-12-20)28-29-25(19(2)33-28)17-18-32-26-10-5-8-23-21(15-16-27(30)31)7-4-9-24(23)26/h5,7-8,10-14H,3-4,6,9,15-18H2,1-2H3,(H,30,31). The zero-order valence-corrected chi connectivity index (χ0v) is 19.4. The lowest BCUT2D eigenvalue weighted by atomic mass is 9.88. The van der Waals surface area contributed by atoms with Crippen LogP contribution in [0.3, 0.4) is 0 Å². The maximum Gasteiger partial charge on any atom is 0.303 e. The van der Waals surface area contributed by atoms with Gasteiger partial charge in [0.15, 0.2) is 0 Å². The predicted octanol–water partition coefficient (Wildman–Crippen LogP) is 6.42. The van der Waals surface area contributed by atoms with E-state index < -0.39 is 5.97 Å². The number of aliphatic carboxylic acids is 1. The van der Waals surface area contributed by atoms with E-state index in [9.17, 15) is 4.79 Å². The number of aromatic nitrogens is 1. The summed E-state index contributed by atoms with van der Waals surface area (Å²) in [5, 5.41) is 9.04. The van der Waals surface area contributed by atoms with Gasteiger partial charge >= 0.3 is 5.97 Å². The van der Waals surface area contributed by atoms with Crippen LogP contribution in [0.2, 0.25) is 0 Å². The third-order valence-electron chi connectivity index (χ3n) is 6.10. The zero-order chi connectivity index (χ0) is 23.2. The molecule has 1 aliphatic carbocycles. The van der Waals surface area contributed by atoms with Crippen molar-refractivity contribution in [2.24, 2.45) is 0 Å². The third kappa shape index (κ3) is 5.54. The summed E-state index contributed by atoms with van der Waals surface area (Å²) in [6.07, 6.45) is 7.53. The van der Waals surface area contributed by atoms with Crippen LogP contribution in [-0.2, 0) is 24.1 Å². The molecule has 0 saturated heterocycles. The van der Waals surface area contributed by atoms with Crippen LogP contribution in [0.4, 0.5) is 0 Å². The summed E-state index contributed by atoms with van der Waals surface area (Å²) in [5.41, 5.74) is 6.62. The number of carboxylic acid groups (broad SMARTS) is 1. The Bertz CT molecular complexity index is 1140. The number of ether oxygens (including phenoxy) is 1. The Balaban J connectivity index is 1.41. The summed E-state index contributed by atoms with van der Waals surface area (Å²) in [6, 6.07) is 14.5. The molecule has 4 rings (SSSR count). The smallest absolute Gasteiger partial charge is 0.303 e. The second-order valence-corrected chi connectivity index (χ2v) is 8.51. The zero-order valence-electron chi connectivity index (χ0n) is 19.4. The van der Waals surface area contributed by atoms with Gasteiger partial charge in [0, 0.05) is 24.0 Å². The first-order valence-corrected chi connectivity index (χ1v) is 11.8. The molecule has 33 heavy (non-hydrogen) atoms. The lowest BCUT2D eigenvalue weighted by Gasteiger charge is -2.20. The Hall–Kier alpha value is -3.34. The minimum absolute atomic E-state index is 0.144. The molecule has 1 N–H and O–H groups in total. The summed E-state index contributed by atoms with van der Waals surface area (Å²) in [6.45, 7) is 4.63. The number of allylic oxidation sites excluding steroid dienone is 2. The monoisotopic (exact) mass is 445 g/mol. The van der Waals surface area contributed by atoms with E-state index >= 15 is 0 Å². The Morgan fingerprint density at radius 3 is 2.70 bits per heavy atom. The number of rotatable bonds is 10. The quantitative estimate of drug-likeness (QED) is 0.390. The number of benzene rings is 2. The summed E-state index contributed by atoms with van der Waals surface area (Å²) >= 11 is 0. The summed E-state index contributed by atoms with van der Waals surface area (Å²) < 4.78 is 12.1. The normalized spacial score (nSPS) is 12.8. The van der Waals surface area contributed by atoms with Gasteiger partial charge in [-0.15, -0.1) is 0 Å². The molecule has 5 heteroatoms. The number of carboxylic acids is 1. The number of fused-ring (bicyclic) bond motifs is 1. The van der Waals surface area contributed by atoms with E-state index in [0.717, 1.165) is 59.6 Å². The third-order valence-corrected chi connectivity index (χ3v) is 6.10. The Morgan fingerprint density at radius 2 is 1.94 bits per heavy atom. The van der Waals surface area contributed by atoms with Crippen molar-refractivity contribution in [1.29, 1.82) is 0 Å². The highest BCUT2D eigenvalue weighted by Crippen LogP contribution is 2.35. The van der Waals surface area contributed by atoms with Crippen LogP contribution in [0.1, 0.15) is 60.8 Å². The lowest BCUT2D eigenvalue weighted by Crippen LogP contribution is -2.08. The molecule has 1 aromatic heterocycles. The van der Waals surface area contributed by atoms with Crippen LogP contribution in [0.15, 0.2) is 53.0 Å². The molecule has 172 valence electrons. The molecule has 0 amide bonds. The van der Waals surface area contributed by atoms with Crippen molar-refractivity contribution in [3.05, 3.63) is 76.7 Å². The van der Waals surface area contributed by atoms with Crippen molar-refractivity contribution in [2.45, 2.75) is 58.8 Å². The second kappa shape index (κ2) is 10.5. The second-order valence-electron chi connectivity index (χ2n) is 8.51. The highest BCUT2D eigenvalue weighted by Gasteiger charge is 2.18. The first-order chi connectivity index (χ1) is 16.0. The van der Waals surface area contributed by atoms with Gasteiger partial charge in [-0.1, -0.05) is 43.7 Å². The molecule has 0 aliphatic heterocycles. The van der Waals surface area contributed by atoms with Crippen LogP contribution < -0.4 is 4.74 Å². The number of hydrogen-bond donors (Lipinski definition) is 1. The lowest BCUT2D eigenvalue weighted by molar-refractivity contribution is -0.136. The Labute approximate surface area is 195 Å². The van der Waals surface area contributed by atoms with Crippen LogP contribution in [-0.4, -0.2) is 22.7 Å². The first-order valence-electron chi connectivity index (χ1n) is 11.8. The highest BCUT2D eigenvalue weighted by atomic mass is 16.5. The fourth-order valence-corrected chi connectivity index (χ4v) is 4.38. The minimum atomic E-state index is -0.769. The molecule has 0 spiro atoms. The fraction of sp³-hybridized carbons (Fsp3) is 0.357. The molecule has 0 saturated carbocycles. The van der Waals surface area contributed by atoms with E-state index in [0.29, 0.717) is 25.3 Å². The topological polar surface area (TPSA) is 72.6 Å². The van der Waals surface area contributed by atoms with Gasteiger partial charge in [-0.3, -0.25) is 4.79 Å². The van der Waals surface area contributed by atoms with Gasteiger partial charge in [-0.2, -0.15) is 0 Å². The first kappa shape index (κ1) is 22.8. The Kier molecular flexibility index (Phi) is 7.28. The average Bonchev–Trinajstić information content (AvgIpc) is 3.19. The average molecular weight is 446 g/mol. The van der Waals surface area contributed by atoms with Gasteiger partial charge in [0.05, 0.1) is 12.3 Å². The van der Waals surface area contributed by atoms with Crippen molar-refractivity contribution in [3.63, 3.8) is 0 Å². The van der Waals surface area contributed by atoms with Crippen molar-refractivity contribution in [2.75, 3.05) is 6.61 Å². The SMILES string of the molecule is CCCc1ccc(-c2nc(CCOc3cccc4c3CCC=C4CCC(=O)O)c(C)o2)cc1. The summed E-state index contributed by atoms with van der Waals surface area (Å²) in [5.74, 6) is 1.58. The van der Waals surface area contributed by atoms with E-state index in [1.54, 1.807) is 0 Å². The van der Waals surface area contributed by atoms with Gasteiger partial charge in [0.25, 0.3) is 0 Å². The number of nitrogens with zero attached hydrogens (tertiary/aromatic N) is 1. The molecule has 3 aromatic rings. The Morgan fingerprint density at radius 1 is 1.12 bits per heavy atom. The van der Waals surface area contributed by atoms with Gasteiger partial charge in [-0.25, -0.2) is 4.98 Å². The molecular formula is C28H31NO4. The molecule has 0 atom stereocenters. The maximum absolute atomic E-state index is 11.0. The van der Waals surface area contributed by atoms with Crippen molar-refractivity contribution < 1.29 is 19.1 Å². The van der Waals surface area contributed by atoms with Gasteiger partial charge in [0.1, 0.15) is 11.5 Å². The fourth-order valence-electron chi connectivity index (χ4n) is 4.38. The maximum atomic E-state index is 11.0. The van der Waals surface area contributed by atoms with E-state index in [1.807, 2.05) is 19.1 Å². The summed E-state index contributed by atoms with van der Waals surface area (Å²) in [4.78, 5) is 15.7. The number of oxazole rings is 1. The van der Waals surface area contributed by atoms with Crippen LogP contribution in [0, 0.1) is 6.92 Å². The molecule has 0 unspecified atom stereocenters. The molecule has 1 aliphatic rings. The van der Waals surface area contributed by atoms with E-state index in [-0.39, 0.29) is 6.42 Å². The highest BCUT2D eigenvalue weighted by molar-refractivity contribution is 5.76. The summed E-state index contributed by atoms with van der Waals surface area (Å²) in [7, 11) is 0. The molecule has 1 heterocycles. The van der Waals surface area contributed by atoms with Gasteiger partial charge in [0.2, 0.25) is 5.89 Å². The molecule has 0 radical (unpaired) electrons. The van der Waals surface area contributed by atoms with Gasteiger partial charge < -0.3 is 14.3 Å². The van der Waals surface area contributed by atoms with Crippen molar-refractivity contribution in [1.82, 2.24) is 4.98 Å². The van der Waals surface area contributed by atoms with Crippen molar-refractivity contribution >= 4 is 11.5 Å². The van der Waals surface area contributed by atoms with E-state index in [2.05, 4.69) is 43.3 Å². The molecule has 2 aromatic carbocycles. The van der Waals surface area contributed by atoms with Crippen LogP contribution in [0.5, 0.6) is 5.75 Å². The van der Waals surface area contributed by atoms with Crippen LogP contribution >= 0.6 is 0 Å². The van der Waals surface area contributed by atoms with Crippen LogP contribution in [0.25, 0.3) is 17.0 Å². The van der Waals surface area contributed by atoms with Gasteiger partial charge in [-0.05, 0) is 67.5 Å². The van der Waals surface area contributed by atoms with E-state index in [1.165, 1.54) is 11.1 Å².